The molecule has 1 aromatic carbocycles. The van der Waals surface area contributed by atoms with Crippen LogP contribution in [0.2, 0.25) is 0 Å². The van der Waals surface area contributed by atoms with Crippen LogP contribution in [0.1, 0.15) is 6.92 Å². The SMILES string of the molecule is C[C@H](C(=O)NC[C@@H]1COc2ccccc2O1)N1CCOCC1. The molecule has 2 heterocycles. The van der Waals surface area contributed by atoms with Gasteiger partial charge in [0.2, 0.25) is 5.91 Å². The summed E-state index contributed by atoms with van der Waals surface area (Å²) in [7, 11) is 0. The second kappa shape index (κ2) is 6.98. The zero-order chi connectivity index (χ0) is 15.4. The maximum Gasteiger partial charge on any atom is 0.237 e. The van der Waals surface area contributed by atoms with Crippen molar-refractivity contribution < 1.29 is 19.0 Å². The van der Waals surface area contributed by atoms with E-state index in [1.807, 2.05) is 31.2 Å². The molecule has 1 aromatic rings. The molecule has 1 N–H and O–H groups in total. The van der Waals surface area contributed by atoms with Crippen molar-refractivity contribution in [2.75, 3.05) is 39.5 Å². The van der Waals surface area contributed by atoms with Crippen LogP contribution in [0.15, 0.2) is 24.3 Å². The van der Waals surface area contributed by atoms with Crippen molar-refractivity contribution in [1.82, 2.24) is 10.2 Å². The van der Waals surface area contributed by atoms with Crippen molar-refractivity contribution in [3.8, 4) is 11.5 Å². The van der Waals surface area contributed by atoms with E-state index in [-0.39, 0.29) is 18.1 Å². The number of benzene rings is 1. The number of hydrogen-bond donors (Lipinski definition) is 1. The van der Waals surface area contributed by atoms with Crippen LogP contribution < -0.4 is 14.8 Å². The molecule has 3 rings (SSSR count). The van der Waals surface area contributed by atoms with E-state index in [9.17, 15) is 4.79 Å². The Morgan fingerprint density at radius 2 is 2.05 bits per heavy atom. The molecule has 0 saturated carbocycles. The highest BCUT2D eigenvalue weighted by Crippen LogP contribution is 2.30. The molecule has 0 aliphatic carbocycles. The van der Waals surface area contributed by atoms with E-state index in [0.717, 1.165) is 24.6 Å². The first-order valence-electron chi connectivity index (χ1n) is 7.72. The number of carbonyl (C=O) groups is 1. The number of fused-ring (bicyclic) bond motifs is 1. The van der Waals surface area contributed by atoms with Crippen LogP contribution in [0.25, 0.3) is 0 Å². The Hall–Kier alpha value is -1.79. The lowest BCUT2D eigenvalue weighted by Crippen LogP contribution is -2.51. The van der Waals surface area contributed by atoms with E-state index in [4.69, 9.17) is 14.2 Å². The summed E-state index contributed by atoms with van der Waals surface area (Å²) < 4.78 is 16.8. The normalized spacial score (nSPS) is 22.9. The maximum absolute atomic E-state index is 12.2. The molecule has 1 saturated heterocycles. The van der Waals surface area contributed by atoms with Gasteiger partial charge in [-0.15, -0.1) is 0 Å². The summed E-state index contributed by atoms with van der Waals surface area (Å²) >= 11 is 0. The van der Waals surface area contributed by atoms with E-state index >= 15 is 0 Å². The Labute approximate surface area is 130 Å². The molecule has 1 amide bonds. The Bertz CT molecular complexity index is 517. The van der Waals surface area contributed by atoms with Gasteiger partial charge in [0.25, 0.3) is 0 Å². The summed E-state index contributed by atoms with van der Waals surface area (Å²) in [5.41, 5.74) is 0. The van der Waals surface area contributed by atoms with Gasteiger partial charge in [-0.2, -0.15) is 0 Å². The number of para-hydroxylation sites is 2. The third-order valence-corrected chi connectivity index (χ3v) is 4.04. The van der Waals surface area contributed by atoms with E-state index in [0.29, 0.717) is 26.4 Å². The molecule has 2 aliphatic heterocycles. The number of ether oxygens (including phenoxy) is 3. The van der Waals surface area contributed by atoms with Crippen molar-refractivity contribution in [2.45, 2.75) is 19.1 Å². The van der Waals surface area contributed by atoms with Gasteiger partial charge in [-0.3, -0.25) is 9.69 Å². The molecule has 0 spiro atoms. The quantitative estimate of drug-likeness (QED) is 0.886. The molecule has 0 unspecified atom stereocenters. The molecular formula is C16H22N2O4. The van der Waals surface area contributed by atoms with E-state index < -0.39 is 0 Å². The third kappa shape index (κ3) is 3.51. The summed E-state index contributed by atoms with van der Waals surface area (Å²) in [4.78, 5) is 14.4. The molecule has 22 heavy (non-hydrogen) atoms. The van der Waals surface area contributed by atoms with Crippen molar-refractivity contribution in [1.29, 1.82) is 0 Å². The molecular weight excluding hydrogens is 284 g/mol. The minimum absolute atomic E-state index is 0.0179. The van der Waals surface area contributed by atoms with Crippen LogP contribution in [0.3, 0.4) is 0 Å². The molecule has 2 atom stereocenters. The number of nitrogens with zero attached hydrogens (tertiary/aromatic N) is 1. The lowest BCUT2D eigenvalue weighted by Gasteiger charge is -2.32. The summed E-state index contributed by atoms with van der Waals surface area (Å²) in [5.74, 6) is 1.50. The number of hydrogen-bond acceptors (Lipinski definition) is 5. The molecule has 1 fully saturated rings. The predicted octanol–water partition coefficient (Wildman–Crippen LogP) is 0.663. The van der Waals surface area contributed by atoms with Gasteiger partial charge in [0, 0.05) is 13.1 Å². The molecule has 6 heteroatoms. The number of carbonyl (C=O) groups excluding carboxylic acids is 1. The van der Waals surface area contributed by atoms with Crippen LogP contribution >= 0.6 is 0 Å². The van der Waals surface area contributed by atoms with E-state index in [1.54, 1.807) is 0 Å². The Kier molecular flexibility index (Phi) is 4.80. The van der Waals surface area contributed by atoms with Crippen LogP contribution in [0.5, 0.6) is 11.5 Å². The highest BCUT2D eigenvalue weighted by Gasteiger charge is 2.25. The molecule has 0 bridgehead atoms. The molecule has 6 nitrogen and oxygen atoms in total. The second-order valence-electron chi connectivity index (χ2n) is 5.57. The summed E-state index contributed by atoms with van der Waals surface area (Å²) in [6.07, 6.45) is -0.157. The zero-order valence-electron chi connectivity index (χ0n) is 12.8. The monoisotopic (exact) mass is 306 g/mol. The first-order valence-corrected chi connectivity index (χ1v) is 7.72. The zero-order valence-corrected chi connectivity index (χ0v) is 12.8. The average Bonchev–Trinajstić information content (AvgIpc) is 2.59. The lowest BCUT2D eigenvalue weighted by atomic mass is 10.2. The van der Waals surface area contributed by atoms with Gasteiger partial charge in [0.15, 0.2) is 11.5 Å². The summed E-state index contributed by atoms with van der Waals surface area (Å²) in [6.45, 7) is 5.79. The average molecular weight is 306 g/mol. The molecule has 2 aliphatic rings. The first kappa shape index (κ1) is 15.1. The number of nitrogens with one attached hydrogen (secondary N) is 1. The maximum atomic E-state index is 12.2. The largest absolute Gasteiger partial charge is 0.486 e. The fraction of sp³-hybridized carbons (Fsp3) is 0.562. The van der Waals surface area contributed by atoms with Gasteiger partial charge in [-0.1, -0.05) is 12.1 Å². The van der Waals surface area contributed by atoms with Gasteiger partial charge in [0.1, 0.15) is 12.7 Å². The molecule has 0 radical (unpaired) electrons. The van der Waals surface area contributed by atoms with Gasteiger partial charge < -0.3 is 19.5 Å². The molecule has 120 valence electrons. The Morgan fingerprint density at radius 1 is 1.32 bits per heavy atom. The van der Waals surface area contributed by atoms with Gasteiger partial charge >= 0.3 is 0 Å². The Balaban J connectivity index is 1.47. The summed E-state index contributed by atoms with van der Waals surface area (Å²) in [6, 6.07) is 7.42. The van der Waals surface area contributed by atoms with Crippen LogP contribution in [-0.4, -0.2) is 62.4 Å². The van der Waals surface area contributed by atoms with Crippen LogP contribution in [-0.2, 0) is 9.53 Å². The predicted molar refractivity (Wildman–Crippen MR) is 81.2 cm³/mol. The van der Waals surface area contributed by atoms with E-state index in [1.165, 1.54) is 0 Å². The fourth-order valence-corrected chi connectivity index (χ4v) is 2.66. The van der Waals surface area contributed by atoms with E-state index in [2.05, 4.69) is 10.2 Å². The minimum Gasteiger partial charge on any atom is -0.486 e. The lowest BCUT2D eigenvalue weighted by molar-refractivity contribution is -0.128. The van der Waals surface area contributed by atoms with Gasteiger partial charge in [0.05, 0.1) is 25.8 Å². The third-order valence-electron chi connectivity index (χ3n) is 4.04. The van der Waals surface area contributed by atoms with Gasteiger partial charge in [-0.05, 0) is 19.1 Å². The van der Waals surface area contributed by atoms with Crippen LogP contribution in [0, 0.1) is 0 Å². The Morgan fingerprint density at radius 3 is 2.82 bits per heavy atom. The smallest absolute Gasteiger partial charge is 0.237 e. The molecule has 0 aromatic heterocycles. The number of morpholine rings is 1. The van der Waals surface area contributed by atoms with Crippen molar-refractivity contribution >= 4 is 5.91 Å². The van der Waals surface area contributed by atoms with Crippen molar-refractivity contribution in [2.24, 2.45) is 0 Å². The second-order valence-corrected chi connectivity index (χ2v) is 5.57. The van der Waals surface area contributed by atoms with Crippen LogP contribution in [0.4, 0.5) is 0 Å². The standard InChI is InChI=1S/C16H22N2O4/c1-12(18-6-8-20-9-7-18)16(19)17-10-13-11-21-14-4-2-3-5-15(14)22-13/h2-5,12-13H,6-11H2,1H3,(H,17,19)/t12-,13-/m1/s1. The number of amides is 1. The fourth-order valence-electron chi connectivity index (χ4n) is 2.66. The van der Waals surface area contributed by atoms with Crippen molar-refractivity contribution in [3.63, 3.8) is 0 Å². The topological polar surface area (TPSA) is 60.0 Å². The number of rotatable bonds is 4. The van der Waals surface area contributed by atoms with Gasteiger partial charge in [-0.25, -0.2) is 0 Å². The highest BCUT2D eigenvalue weighted by atomic mass is 16.6. The first-order chi connectivity index (χ1) is 10.7. The summed E-state index contributed by atoms with van der Waals surface area (Å²) in [5, 5.41) is 2.95. The minimum atomic E-state index is -0.157. The highest BCUT2D eigenvalue weighted by molar-refractivity contribution is 5.81. The van der Waals surface area contributed by atoms with Crippen molar-refractivity contribution in [3.05, 3.63) is 24.3 Å².